The van der Waals surface area contributed by atoms with Crippen LogP contribution < -0.4 is 11.1 Å². The maximum atomic E-state index is 5.69. The van der Waals surface area contributed by atoms with E-state index in [1.54, 1.807) is 7.11 Å². The summed E-state index contributed by atoms with van der Waals surface area (Å²) in [5.74, 6) is 0. The van der Waals surface area contributed by atoms with E-state index in [9.17, 15) is 0 Å². The lowest BCUT2D eigenvalue weighted by molar-refractivity contribution is 0.170. The summed E-state index contributed by atoms with van der Waals surface area (Å²) in [5, 5.41) is 3.55. The highest BCUT2D eigenvalue weighted by Crippen LogP contribution is 2.48. The van der Waals surface area contributed by atoms with Crippen molar-refractivity contribution in [3.63, 3.8) is 0 Å². The summed E-state index contributed by atoms with van der Waals surface area (Å²) in [5.41, 5.74) is 6.45. The van der Waals surface area contributed by atoms with Gasteiger partial charge in [-0.05, 0) is 36.6 Å². The monoisotopic (exact) mass is 214 g/mol. The van der Waals surface area contributed by atoms with Crippen LogP contribution in [0.25, 0.3) is 0 Å². The van der Waals surface area contributed by atoms with Gasteiger partial charge in [0.15, 0.2) is 0 Å². The van der Waals surface area contributed by atoms with Crippen molar-refractivity contribution in [2.45, 2.75) is 33.1 Å². The molecule has 0 heterocycles. The number of methoxy groups -OCH3 is 1. The Balaban J connectivity index is 2.14. The second-order valence-electron chi connectivity index (χ2n) is 5.71. The minimum Gasteiger partial charge on any atom is -0.385 e. The van der Waals surface area contributed by atoms with Crippen molar-refractivity contribution in [3.8, 4) is 0 Å². The zero-order chi connectivity index (χ0) is 11.4. The Kier molecular flexibility index (Phi) is 4.56. The fourth-order valence-electron chi connectivity index (χ4n) is 1.75. The Morgan fingerprint density at radius 2 is 2.07 bits per heavy atom. The average molecular weight is 214 g/mol. The van der Waals surface area contributed by atoms with E-state index in [-0.39, 0.29) is 5.41 Å². The highest BCUT2D eigenvalue weighted by molar-refractivity contribution is 4.95. The standard InChI is InChI=1S/C12H26N2O/c1-11(2,8-13)9-14-10-12(4-5-12)6-7-15-3/h14H,4-10,13H2,1-3H3. The summed E-state index contributed by atoms with van der Waals surface area (Å²) in [6.07, 6.45) is 3.90. The van der Waals surface area contributed by atoms with E-state index in [0.717, 1.165) is 26.2 Å². The molecule has 0 radical (unpaired) electrons. The fraction of sp³-hybridized carbons (Fsp3) is 1.00. The first-order valence-corrected chi connectivity index (χ1v) is 5.93. The van der Waals surface area contributed by atoms with Crippen LogP contribution in [0.1, 0.15) is 33.1 Å². The zero-order valence-corrected chi connectivity index (χ0v) is 10.4. The van der Waals surface area contributed by atoms with Gasteiger partial charge in [0.1, 0.15) is 0 Å². The van der Waals surface area contributed by atoms with E-state index in [1.165, 1.54) is 19.3 Å². The van der Waals surface area contributed by atoms with Crippen LogP contribution in [-0.4, -0.2) is 33.4 Å². The number of rotatable bonds is 8. The molecule has 0 atom stereocenters. The number of hydrogen-bond acceptors (Lipinski definition) is 3. The molecule has 1 fully saturated rings. The molecular weight excluding hydrogens is 188 g/mol. The Morgan fingerprint density at radius 1 is 1.40 bits per heavy atom. The number of nitrogens with one attached hydrogen (secondary N) is 1. The van der Waals surface area contributed by atoms with E-state index in [2.05, 4.69) is 19.2 Å². The van der Waals surface area contributed by atoms with Gasteiger partial charge >= 0.3 is 0 Å². The van der Waals surface area contributed by atoms with Gasteiger partial charge < -0.3 is 15.8 Å². The van der Waals surface area contributed by atoms with E-state index in [0.29, 0.717) is 5.41 Å². The zero-order valence-electron chi connectivity index (χ0n) is 10.4. The molecule has 0 aliphatic heterocycles. The first-order chi connectivity index (χ1) is 7.04. The molecular formula is C12H26N2O. The van der Waals surface area contributed by atoms with Crippen LogP contribution in [0.4, 0.5) is 0 Å². The summed E-state index contributed by atoms with van der Waals surface area (Å²) in [6.45, 7) is 8.18. The summed E-state index contributed by atoms with van der Waals surface area (Å²) < 4.78 is 5.14. The maximum Gasteiger partial charge on any atom is 0.0468 e. The predicted molar refractivity (Wildman–Crippen MR) is 63.9 cm³/mol. The van der Waals surface area contributed by atoms with Crippen LogP contribution in [0.5, 0.6) is 0 Å². The summed E-state index contributed by atoms with van der Waals surface area (Å²) >= 11 is 0. The number of hydrogen-bond donors (Lipinski definition) is 2. The predicted octanol–water partition coefficient (Wildman–Crippen LogP) is 1.38. The lowest BCUT2D eigenvalue weighted by Crippen LogP contribution is -2.38. The van der Waals surface area contributed by atoms with Crippen molar-refractivity contribution in [3.05, 3.63) is 0 Å². The third-order valence-corrected chi connectivity index (χ3v) is 3.45. The van der Waals surface area contributed by atoms with Crippen LogP contribution in [-0.2, 0) is 4.74 Å². The Hall–Kier alpha value is -0.120. The molecule has 0 aromatic carbocycles. The minimum atomic E-state index is 0.220. The molecule has 0 aromatic heterocycles. The highest BCUT2D eigenvalue weighted by Gasteiger charge is 2.41. The molecule has 0 unspecified atom stereocenters. The third-order valence-electron chi connectivity index (χ3n) is 3.45. The molecule has 3 nitrogen and oxygen atoms in total. The van der Waals surface area contributed by atoms with Crippen molar-refractivity contribution in [2.75, 3.05) is 33.4 Å². The van der Waals surface area contributed by atoms with Gasteiger partial charge in [0.2, 0.25) is 0 Å². The van der Waals surface area contributed by atoms with Gasteiger partial charge in [0, 0.05) is 26.8 Å². The minimum absolute atomic E-state index is 0.220. The summed E-state index contributed by atoms with van der Waals surface area (Å²) in [6, 6.07) is 0. The summed E-state index contributed by atoms with van der Waals surface area (Å²) in [4.78, 5) is 0. The van der Waals surface area contributed by atoms with Crippen molar-refractivity contribution < 1.29 is 4.74 Å². The average Bonchev–Trinajstić information content (AvgIpc) is 2.96. The van der Waals surface area contributed by atoms with E-state index in [1.807, 2.05) is 0 Å². The van der Waals surface area contributed by atoms with Crippen LogP contribution in [0.3, 0.4) is 0 Å². The molecule has 0 amide bonds. The third kappa shape index (κ3) is 4.49. The lowest BCUT2D eigenvalue weighted by Gasteiger charge is -2.24. The molecule has 3 N–H and O–H groups in total. The maximum absolute atomic E-state index is 5.69. The molecule has 0 bridgehead atoms. The molecule has 1 aliphatic rings. The number of nitrogens with two attached hydrogens (primary N) is 1. The Morgan fingerprint density at radius 3 is 2.53 bits per heavy atom. The molecule has 0 aromatic rings. The van der Waals surface area contributed by atoms with Gasteiger partial charge in [-0.2, -0.15) is 0 Å². The van der Waals surface area contributed by atoms with Crippen molar-refractivity contribution >= 4 is 0 Å². The second-order valence-corrected chi connectivity index (χ2v) is 5.71. The van der Waals surface area contributed by atoms with Crippen LogP contribution in [0, 0.1) is 10.8 Å². The molecule has 1 saturated carbocycles. The van der Waals surface area contributed by atoms with Gasteiger partial charge in [0.05, 0.1) is 0 Å². The SMILES string of the molecule is COCCC1(CNCC(C)(C)CN)CC1. The molecule has 15 heavy (non-hydrogen) atoms. The van der Waals surface area contributed by atoms with Gasteiger partial charge in [-0.15, -0.1) is 0 Å². The topological polar surface area (TPSA) is 47.3 Å². The highest BCUT2D eigenvalue weighted by atomic mass is 16.5. The van der Waals surface area contributed by atoms with Crippen LogP contribution in [0.2, 0.25) is 0 Å². The van der Waals surface area contributed by atoms with Gasteiger partial charge in [-0.25, -0.2) is 0 Å². The van der Waals surface area contributed by atoms with Gasteiger partial charge in [-0.3, -0.25) is 0 Å². The van der Waals surface area contributed by atoms with Crippen molar-refractivity contribution in [1.82, 2.24) is 5.32 Å². The molecule has 90 valence electrons. The van der Waals surface area contributed by atoms with Gasteiger partial charge in [0.25, 0.3) is 0 Å². The quantitative estimate of drug-likeness (QED) is 0.641. The molecule has 1 aliphatic carbocycles. The first-order valence-electron chi connectivity index (χ1n) is 5.93. The summed E-state index contributed by atoms with van der Waals surface area (Å²) in [7, 11) is 1.78. The molecule has 1 rings (SSSR count). The van der Waals surface area contributed by atoms with E-state index in [4.69, 9.17) is 10.5 Å². The molecule has 0 spiro atoms. The van der Waals surface area contributed by atoms with Crippen LogP contribution in [0.15, 0.2) is 0 Å². The van der Waals surface area contributed by atoms with Crippen molar-refractivity contribution in [2.24, 2.45) is 16.6 Å². The smallest absolute Gasteiger partial charge is 0.0468 e. The number of ether oxygens (including phenoxy) is 1. The van der Waals surface area contributed by atoms with E-state index < -0.39 is 0 Å². The first kappa shape index (κ1) is 12.9. The normalized spacial score (nSPS) is 19.2. The van der Waals surface area contributed by atoms with Crippen LogP contribution >= 0.6 is 0 Å². The Bertz CT molecular complexity index is 188. The lowest BCUT2D eigenvalue weighted by atomic mass is 9.93. The Labute approximate surface area is 93.8 Å². The molecule has 0 saturated heterocycles. The van der Waals surface area contributed by atoms with Crippen molar-refractivity contribution in [1.29, 1.82) is 0 Å². The fourth-order valence-corrected chi connectivity index (χ4v) is 1.75. The second kappa shape index (κ2) is 5.28. The van der Waals surface area contributed by atoms with Gasteiger partial charge in [-0.1, -0.05) is 13.8 Å². The largest absolute Gasteiger partial charge is 0.385 e. The van der Waals surface area contributed by atoms with E-state index >= 15 is 0 Å². The molecule has 3 heteroatoms.